The molecule has 4 heteroatoms. The average Bonchev–Trinajstić information content (AvgIpc) is 2.76. The topological polar surface area (TPSA) is 26.4 Å². The van der Waals surface area contributed by atoms with Crippen LogP contribution in [0.3, 0.4) is 0 Å². The number of benzene rings is 1. The normalized spacial score (nSPS) is 12.4. The van der Waals surface area contributed by atoms with E-state index in [1.165, 1.54) is 12.1 Å². The summed E-state index contributed by atoms with van der Waals surface area (Å²) in [5, 5.41) is 0. The molecule has 19 heavy (non-hydrogen) atoms. The fourth-order valence-corrected chi connectivity index (χ4v) is 2.53. The third-order valence-electron chi connectivity index (χ3n) is 3.28. The molecule has 0 N–H and O–H groups in total. The monoisotopic (exact) mass is 258 g/mol. The zero-order valence-electron chi connectivity index (χ0n) is 11.1. The minimum atomic E-state index is -0.408. The molecule has 3 nitrogen and oxygen atoms in total. The Morgan fingerprint density at radius 3 is 2.47 bits per heavy atom. The first-order valence-electron chi connectivity index (χ1n) is 6.21. The molecule has 0 saturated heterocycles. The first-order valence-corrected chi connectivity index (χ1v) is 6.21. The maximum absolute atomic E-state index is 13.5. The number of halogens is 1. The molecule has 0 aliphatic rings. The Hall–Kier alpha value is -2.10. The van der Waals surface area contributed by atoms with E-state index < -0.39 is 5.54 Å². The van der Waals surface area contributed by atoms with Gasteiger partial charge in [0.25, 0.3) is 5.56 Å². The Bertz CT molecular complexity index is 837. The van der Waals surface area contributed by atoms with Crippen molar-refractivity contribution in [3.63, 3.8) is 0 Å². The quantitative estimate of drug-likeness (QED) is 0.608. The van der Waals surface area contributed by atoms with Crippen LogP contribution >= 0.6 is 0 Å². The molecule has 0 radical (unpaired) electrons. The number of hydrogen-bond donors (Lipinski definition) is 0. The van der Waals surface area contributed by atoms with Gasteiger partial charge in [-0.1, -0.05) is 0 Å². The number of hydrogen-bond acceptors (Lipinski definition) is 1. The van der Waals surface area contributed by atoms with E-state index in [9.17, 15) is 9.18 Å². The van der Waals surface area contributed by atoms with Crippen molar-refractivity contribution in [2.24, 2.45) is 0 Å². The van der Waals surface area contributed by atoms with E-state index >= 15 is 0 Å². The lowest BCUT2D eigenvalue weighted by Crippen LogP contribution is -2.35. The van der Waals surface area contributed by atoms with Crippen molar-refractivity contribution >= 4 is 16.6 Å². The Morgan fingerprint density at radius 2 is 1.79 bits per heavy atom. The van der Waals surface area contributed by atoms with Gasteiger partial charge in [0.15, 0.2) is 0 Å². The van der Waals surface area contributed by atoms with E-state index in [4.69, 9.17) is 0 Å². The molecular formula is C15H15FN2O. The third kappa shape index (κ3) is 1.67. The molecule has 2 aromatic heterocycles. The summed E-state index contributed by atoms with van der Waals surface area (Å²) in [4.78, 5) is 12.6. The molecule has 0 aliphatic heterocycles. The van der Waals surface area contributed by atoms with Crippen molar-refractivity contribution in [1.29, 1.82) is 0 Å². The van der Waals surface area contributed by atoms with Gasteiger partial charge in [0.2, 0.25) is 0 Å². The highest BCUT2D eigenvalue weighted by molar-refractivity contribution is 5.79. The van der Waals surface area contributed by atoms with E-state index in [1.54, 1.807) is 21.1 Å². The third-order valence-corrected chi connectivity index (χ3v) is 3.28. The number of rotatable bonds is 0. The van der Waals surface area contributed by atoms with Crippen LogP contribution in [0.25, 0.3) is 16.6 Å². The first kappa shape index (κ1) is 12.0. The van der Waals surface area contributed by atoms with E-state index in [2.05, 4.69) is 0 Å². The van der Waals surface area contributed by atoms with Gasteiger partial charge < -0.3 is 4.40 Å². The first-order chi connectivity index (χ1) is 8.89. The minimum absolute atomic E-state index is 0.101. The molecule has 0 spiro atoms. The highest BCUT2D eigenvalue weighted by atomic mass is 19.1. The van der Waals surface area contributed by atoms with Crippen LogP contribution in [-0.4, -0.2) is 8.97 Å². The lowest BCUT2D eigenvalue weighted by molar-refractivity contribution is 0.398. The van der Waals surface area contributed by atoms with Crippen LogP contribution in [0, 0.1) is 5.82 Å². The van der Waals surface area contributed by atoms with E-state index in [1.807, 2.05) is 33.0 Å². The average molecular weight is 258 g/mol. The fourth-order valence-electron chi connectivity index (χ4n) is 2.53. The smallest absolute Gasteiger partial charge is 0.275 e. The summed E-state index contributed by atoms with van der Waals surface area (Å²) in [6.45, 7) is 5.83. The second-order valence-corrected chi connectivity index (χ2v) is 5.71. The second kappa shape index (κ2) is 3.70. The highest BCUT2D eigenvalue weighted by Gasteiger charge is 2.20. The molecule has 0 fully saturated rings. The lowest BCUT2D eigenvalue weighted by Gasteiger charge is -2.25. The molecule has 0 atom stereocenters. The summed E-state index contributed by atoms with van der Waals surface area (Å²) in [7, 11) is 0. The van der Waals surface area contributed by atoms with Crippen LogP contribution in [0.4, 0.5) is 4.39 Å². The van der Waals surface area contributed by atoms with Gasteiger partial charge in [-0.15, -0.1) is 0 Å². The molecule has 0 aliphatic carbocycles. The molecular weight excluding hydrogens is 243 g/mol. The standard InChI is InChI=1S/C15H15FN2O/c1-15(2,3)18-13-9-10(16)6-7-11(13)17-8-4-5-12(17)14(18)19/h4-9H,1-3H3. The lowest BCUT2D eigenvalue weighted by atomic mass is 10.1. The molecule has 1 aromatic carbocycles. The molecule has 0 bridgehead atoms. The van der Waals surface area contributed by atoms with Crippen molar-refractivity contribution in [2.45, 2.75) is 26.3 Å². The maximum atomic E-state index is 13.5. The molecule has 3 rings (SSSR count). The van der Waals surface area contributed by atoms with Crippen LogP contribution in [0.1, 0.15) is 20.8 Å². The summed E-state index contributed by atoms with van der Waals surface area (Å²) in [5.74, 6) is -0.337. The van der Waals surface area contributed by atoms with Crippen LogP contribution < -0.4 is 5.56 Å². The molecule has 3 aromatic rings. The molecule has 0 saturated carbocycles. The Labute approximate surface area is 109 Å². The second-order valence-electron chi connectivity index (χ2n) is 5.71. The molecule has 0 amide bonds. The Kier molecular flexibility index (Phi) is 2.33. The van der Waals surface area contributed by atoms with Gasteiger partial charge in [-0.05, 0) is 51.1 Å². The van der Waals surface area contributed by atoms with Gasteiger partial charge in [0.1, 0.15) is 11.3 Å². The molecule has 2 heterocycles. The summed E-state index contributed by atoms with van der Waals surface area (Å²) < 4.78 is 17.0. The Balaban J connectivity index is 2.66. The van der Waals surface area contributed by atoms with E-state index in [0.29, 0.717) is 11.0 Å². The zero-order valence-corrected chi connectivity index (χ0v) is 11.1. The van der Waals surface area contributed by atoms with Crippen molar-refractivity contribution in [1.82, 2.24) is 8.97 Å². The van der Waals surface area contributed by atoms with Crippen LogP contribution in [-0.2, 0) is 5.54 Å². The van der Waals surface area contributed by atoms with Crippen molar-refractivity contribution < 1.29 is 4.39 Å². The summed E-state index contributed by atoms with van der Waals surface area (Å²) >= 11 is 0. The fraction of sp³-hybridized carbons (Fsp3) is 0.267. The van der Waals surface area contributed by atoms with E-state index in [0.717, 1.165) is 5.52 Å². The minimum Gasteiger partial charge on any atom is -0.310 e. The summed E-state index contributed by atoms with van der Waals surface area (Å²) in [5.41, 5.74) is 1.54. The van der Waals surface area contributed by atoms with Gasteiger partial charge in [0.05, 0.1) is 11.0 Å². The molecule has 0 unspecified atom stereocenters. The van der Waals surface area contributed by atoms with E-state index in [-0.39, 0.29) is 11.4 Å². The molecule has 98 valence electrons. The SMILES string of the molecule is CC(C)(C)n1c(=O)c2cccn2c2ccc(F)cc21. The maximum Gasteiger partial charge on any atom is 0.275 e. The Morgan fingerprint density at radius 1 is 1.05 bits per heavy atom. The largest absolute Gasteiger partial charge is 0.310 e. The number of fused-ring (bicyclic) bond motifs is 3. The van der Waals surface area contributed by atoms with Gasteiger partial charge in [0, 0.05) is 11.7 Å². The van der Waals surface area contributed by atoms with Crippen LogP contribution in [0.2, 0.25) is 0 Å². The summed E-state index contributed by atoms with van der Waals surface area (Å²) in [6, 6.07) is 8.15. The predicted octanol–water partition coefficient (Wildman–Crippen LogP) is 3.15. The zero-order chi connectivity index (χ0) is 13.8. The van der Waals surface area contributed by atoms with Gasteiger partial charge in [-0.25, -0.2) is 4.39 Å². The van der Waals surface area contributed by atoms with Gasteiger partial charge in [-0.3, -0.25) is 9.36 Å². The van der Waals surface area contributed by atoms with Crippen LogP contribution in [0.5, 0.6) is 0 Å². The van der Waals surface area contributed by atoms with Gasteiger partial charge in [-0.2, -0.15) is 0 Å². The highest BCUT2D eigenvalue weighted by Crippen LogP contribution is 2.22. The van der Waals surface area contributed by atoms with Gasteiger partial charge >= 0.3 is 0 Å². The summed E-state index contributed by atoms with van der Waals surface area (Å²) in [6.07, 6.45) is 1.82. The predicted molar refractivity (Wildman–Crippen MR) is 74.1 cm³/mol. The number of nitrogens with zero attached hydrogens (tertiary/aromatic N) is 2. The number of aromatic nitrogens is 2. The van der Waals surface area contributed by atoms with Crippen LogP contribution in [0.15, 0.2) is 41.3 Å². The van der Waals surface area contributed by atoms with Crippen molar-refractivity contribution in [3.8, 4) is 0 Å². The van der Waals surface area contributed by atoms with Crippen molar-refractivity contribution in [2.75, 3.05) is 0 Å². The van der Waals surface area contributed by atoms with Crippen molar-refractivity contribution in [3.05, 3.63) is 52.7 Å².